The summed E-state index contributed by atoms with van der Waals surface area (Å²) < 4.78 is 52.1. The van der Waals surface area contributed by atoms with Crippen molar-refractivity contribution in [2.45, 2.75) is 72.2 Å². The molecule has 0 unspecified atom stereocenters. The Morgan fingerprint density at radius 1 is 1.18 bits per heavy atom. The molecule has 1 saturated heterocycles. The number of carboxylic acids is 1. The Morgan fingerprint density at radius 2 is 1.91 bits per heavy atom. The van der Waals surface area contributed by atoms with Gasteiger partial charge in [0.1, 0.15) is 11.8 Å². The van der Waals surface area contributed by atoms with E-state index >= 15 is 0 Å². The summed E-state index contributed by atoms with van der Waals surface area (Å²) in [7, 11) is 1.53. The van der Waals surface area contributed by atoms with Crippen LogP contribution in [0.2, 0.25) is 0 Å². The van der Waals surface area contributed by atoms with Gasteiger partial charge in [-0.1, -0.05) is 31.5 Å². The largest absolute Gasteiger partial charge is 0.493 e. The topological polar surface area (TPSA) is 102 Å². The molecule has 238 valence electrons. The molecular formula is C34H36F3N3O5. The smallest absolute Gasteiger partial charge is 0.416 e. The Hall–Kier alpha value is -4.41. The Labute approximate surface area is 259 Å². The third-order valence-electron chi connectivity index (χ3n) is 8.65. The maximum absolute atomic E-state index is 13.6. The highest BCUT2D eigenvalue weighted by atomic mass is 19.4. The first-order valence-electron chi connectivity index (χ1n) is 14.7. The lowest BCUT2D eigenvalue weighted by atomic mass is 9.73. The molecule has 5 rings (SSSR count). The molecule has 2 aliphatic rings. The standard InChI is InChI=1S/C34H36F3N3O5/c1-18-11-22(14-24(12-18)34(35,36)37)29-20(3)40(32(43)45-29)17-23-15-33(4,5)10-9-26(23)28-27(44-6)16-38-30(39-28)25-8-7-21(31(41)42)13-19(25)2/h7-8,11-14,16,20,29H,9-10,15,17H2,1-6H3,(H,41,42)/t20-,29-/m0/s1. The monoisotopic (exact) mass is 623 g/mol. The van der Waals surface area contributed by atoms with Crippen LogP contribution in [0.4, 0.5) is 18.0 Å². The number of rotatable bonds is 7. The molecular weight excluding hydrogens is 587 g/mol. The van der Waals surface area contributed by atoms with Crippen molar-refractivity contribution in [3.05, 3.63) is 81.7 Å². The van der Waals surface area contributed by atoms with Gasteiger partial charge in [-0.15, -0.1) is 0 Å². The Balaban J connectivity index is 1.54. The zero-order chi connectivity index (χ0) is 32.8. The highest BCUT2D eigenvalue weighted by molar-refractivity contribution is 5.88. The molecule has 0 spiro atoms. The van der Waals surface area contributed by atoms with Crippen LogP contribution in [-0.4, -0.2) is 51.7 Å². The van der Waals surface area contributed by atoms with Crippen molar-refractivity contribution in [2.75, 3.05) is 13.7 Å². The summed E-state index contributed by atoms with van der Waals surface area (Å²) in [6.45, 7) is 9.68. The average Bonchev–Trinajstić information content (AvgIpc) is 3.24. The molecule has 1 aliphatic carbocycles. The number of carboxylic acid groups (broad SMARTS) is 1. The fraction of sp³-hybridized carbons (Fsp3) is 0.412. The third-order valence-corrected chi connectivity index (χ3v) is 8.65. The third kappa shape index (κ3) is 6.53. The van der Waals surface area contributed by atoms with Gasteiger partial charge in [-0.3, -0.25) is 4.90 Å². The molecule has 1 aliphatic heterocycles. The van der Waals surface area contributed by atoms with Gasteiger partial charge in [0, 0.05) is 12.1 Å². The van der Waals surface area contributed by atoms with Crippen LogP contribution in [-0.2, 0) is 10.9 Å². The van der Waals surface area contributed by atoms with E-state index in [0.717, 1.165) is 29.7 Å². The number of amides is 1. The van der Waals surface area contributed by atoms with Gasteiger partial charge in [0.2, 0.25) is 0 Å². The van der Waals surface area contributed by atoms with Gasteiger partial charge in [0.05, 0.1) is 30.5 Å². The van der Waals surface area contributed by atoms with Crippen LogP contribution in [0.15, 0.2) is 48.2 Å². The number of aromatic carboxylic acids is 1. The maximum atomic E-state index is 13.6. The summed E-state index contributed by atoms with van der Waals surface area (Å²) in [6.07, 6.45) is -2.23. The molecule has 1 amide bonds. The quantitative estimate of drug-likeness (QED) is 0.284. The van der Waals surface area contributed by atoms with E-state index in [4.69, 9.17) is 14.5 Å². The summed E-state index contributed by atoms with van der Waals surface area (Å²) in [5, 5.41) is 9.38. The van der Waals surface area contributed by atoms with Gasteiger partial charge in [-0.25, -0.2) is 19.6 Å². The summed E-state index contributed by atoms with van der Waals surface area (Å²) in [5.41, 5.74) is 3.87. The molecule has 2 heterocycles. The number of halogens is 3. The normalized spacial score (nSPS) is 19.9. The number of aryl methyl sites for hydroxylation is 2. The number of allylic oxidation sites excluding steroid dienone is 1. The van der Waals surface area contributed by atoms with Gasteiger partial charge in [0.15, 0.2) is 11.6 Å². The minimum absolute atomic E-state index is 0.0738. The molecule has 45 heavy (non-hydrogen) atoms. The predicted molar refractivity (Wildman–Crippen MR) is 162 cm³/mol. The van der Waals surface area contributed by atoms with Gasteiger partial charge in [0.25, 0.3) is 0 Å². The number of cyclic esters (lactones) is 1. The van der Waals surface area contributed by atoms with E-state index in [1.54, 1.807) is 50.1 Å². The van der Waals surface area contributed by atoms with Crippen molar-refractivity contribution in [3.8, 4) is 17.1 Å². The zero-order valence-corrected chi connectivity index (χ0v) is 26.1. The first-order chi connectivity index (χ1) is 21.1. The number of alkyl halides is 3. The zero-order valence-electron chi connectivity index (χ0n) is 26.1. The van der Waals surface area contributed by atoms with Crippen molar-refractivity contribution in [3.63, 3.8) is 0 Å². The number of carbonyl (C=O) groups is 2. The molecule has 11 heteroatoms. The summed E-state index contributed by atoms with van der Waals surface area (Å²) in [4.78, 5) is 35.7. The van der Waals surface area contributed by atoms with Crippen LogP contribution >= 0.6 is 0 Å². The molecule has 2 atom stereocenters. The molecule has 0 bridgehead atoms. The van der Waals surface area contributed by atoms with Crippen molar-refractivity contribution in [2.24, 2.45) is 5.41 Å². The van der Waals surface area contributed by atoms with Crippen LogP contribution in [0.1, 0.15) is 84.4 Å². The fourth-order valence-electron chi connectivity index (χ4n) is 6.27. The summed E-state index contributed by atoms with van der Waals surface area (Å²) >= 11 is 0. The number of hydrogen-bond acceptors (Lipinski definition) is 6. The van der Waals surface area contributed by atoms with Crippen molar-refractivity contribution >= 4 is 17.6 Å². The lowest BCUT2D eigenvalue weighted by Gasteiger charge is -2.35. The number of ether oxygens (including phenoxy) is 2. The van der Waals surface area contributed by atoms with Gasteiger partial charge in [-0.2, -0.15) is 13.2 Å². The van der Waals surface area contributed by atoms with Gasteiger partial charge in [-0.05, 0) is 92.0 Å². The molecule has 3 aromatic rings. The SMILES string of the molecule is COc1cnc(-c2ccc(C(=O)O)cc2C)nc1C1=C(CN2C(=O)O[C@H](c3cc(C)cc(C(F)(F)F)c3)[C@@H]2C)CC(C)(C)CC1. The van der Waals surface area contributed by atoms with Crippen LogP contribution in [0.3, 0.4) is 0 Å². The van der Waals surface area contributed by atoms with Crippen LogP contribution < -0.4 is 4.74 Å². The number of hydrogen-bond donors (Lipinski definition) is 1. The van der Waals surface area contributed by atoms with E-state index in [-0.39, 0.29) is 17.5 Å². The van der Waals surface area contributed by atoms with E-state index in [0.29, 0.717) is 52.4 Å². The highest BCUT2D eigenvalue weighted by Gasteiger charge is 2.42. The summed E-state index contributed by atoms with van der Waals surface area (Å²) in [5.74, 6) is -0.160. The molecule has 1 N–H and O–H groups in total. The van der Waals surface area contributed by atoms with E-state index in [2.05, 4.69) is 18.8 Å². The lowest BCUT2D eigenvalue weighted by molar-refractivity contribution is -0.137. The molecule has 2 aromatic carbocycles. The van der Waals surface area contributed by atoms with E-state index in [1.165, 1.54) is 13.2 Å². The van der Waals surface area contributed by atoms with Crippen LogP contribution in [0.5, 0.6) is 5.75 Å². The Bertz CT molecular complexity index is 1700. The van der Waals surface area contributed by atoms with E-state index in [1.807, 2.05) is 0 Å². The number of nitrogens with zero attached hydrogens (tertiary/aromatic N) is 3. The van der Waals surface area contributed by atoms with Crippen molar-refractivity contribution in [1.29, 1.82) is 0 Å². The van der Waals surface area contributed by atoms with Crippen LogP contribution in [0, 0.1) is 19.3 Å². The Kier molecular flexibility index (Phi) is 8.41. The van der Waals surface area contributed by atoms with Crippen molar-refractivity contribution in [1.82, 2.24) is 14.9 Å². The molecule has 0 saturated carbocycles. The highest BCUT2D eigenvalue weighted by Crippen LogP contribution is 2.46. The molecule has 1 aromatic heterocycles. The van der Waals surface area contributed by atoms with Crippen LogP contribution in [0.25, 0.3) is 17.0 Å². The first-order valence-corrected chi connectivity index (χ1v) is 14.7. The van der Waals surface area contributed by atoms with E-state index < -0.39 is 35.9 Å². The minimum atomic E-state index is -4.52. The maximum Gasteiger partial charge on any atom is 0.416 e. The Morgan fingerprint density at radius 3 is 2.56 bits per heavy atom. The average molecular weight is 624 g/mol. The lowest BCUT2D eigenvalue weighted by Crippen LogP contribution is -2.35. The molecule has 8 nitrogen and oxygen atoms in total. The summed E-state index contributed by atoms with van der Waals surface area (Å²) in [6, 6.07) is 7.99. The van der Waals surface area contributed by atoms with Gasteiger partial charge < -0.3 is 14.6 Å². The number of carbonyl (C=O) groups excluding carboxylic acids is 1. The predicted octanol–water partition coefficient (Wildman–Crippen LogP) is 8.03. The minimum Gasteiger partial charge on any atom is -0.493 e. The fourth-order valence-corrected chi connectivity index (χ4v) is 6.27. The second-order valence-electron chi connectivity index (χ2n) is 12.7. The second kappa shape index (κ2) is 11.8. The first kappa shape index (κ1) is 32.0. The second-order valence-corrected chi connectivity index (χ2v) is 12.7. The molecule has 1 fully saturated rings. The number of methoxy groups -OCH3 is 1. The molecule has 0 radical (unpaired) electrons. The van der Waals surface area contributed by atoms with E-state index in [9.17, 15) is 27.9 Å². The number of benzene rings is 2. The number of aromatic nitrogens is 2. The van der Waals surface area contributed by atoms with Gasteiger partial charge >= 0.3 is 18.2 Å². The van der Waals surface area contributed by atoms with Crippen molar-refractivity contribution < 1.29 is 37.3 Å².